The largest absolute Gasteiger partial charge is 0.505 e. The van der Waals surface area contributed by atoms with E-state index in [0.29, 0.717) is 20.1 Å². The highest BCUT2D eigenvalue weighted by Gasteiger charge is 2.46. The number of phenolic OH excluding ortho intramolecular Hbond substituents is 2. The summed E-state index contributed by atoms with van der Waals surface area (Å²) in [6, 6.07) is 14.7. The lowest BCUT2D eigenvalue weighted by Crippen LogP contribution is -2.28. The first kappa shape index (κ1) is 19.4. The molecule has 0 saturated heterocycles. The summed E-state index contributed by atoms with van der Waals surface area (Å²) in [7, 11) is 0. The van der Waals surface area contributed by atoms with Gasteiger partial charge in [0.15, 0.2) is 5.60 Å². The van der Waals surface area contributed by atoms with Gasteiger partial charge in [-0.1, -0.05) is 41.4 Å². The number of rotatable bonds is 2. The van der Waals surface area contributed by atoms with Crippen LogP contribution in [-0.4, -0.2) is 10.2 Å². The van der Waals surface area contributed by atoms with Crippen LogP contribution < -0.4 is 0 Å². The van der Waals surface area contributed by atoms with Crippen molar-refractivity contribution in [2.75, 3.05) is 0 Å². The molecule has 1 aliphatic rings. The molecular formula is C19H10Br2Cl2O3S. The average molecular weight is 549 g/mol. The fraction of sp³-hybridized carbons (Fsp3) is 0.0526. The molecule has 0 atom stereocenters. The lowest BCUT2D eigenvalue weighted by Gasteiger charge is -2.30. The van der Waals surface area contributed by atoms with E-state index in [9.17, 15) is 10.2 Å². The van der Waals surface area contributed by atoms with Crippen molar-refractivity contribution in [2.24, 2.45) is 0 Å². The van der Waals surface area contributed by atoms with Gasteiger partial charge in [-0.15, -0.1) is 0 Å². The van der Waals surface area contributed by atoms with Crippen molar-refractivity contribution in [2.45, 2.75) is 10.5 Å². The van der Waals surface area contributed by atoms with Gasteiger partial charge in [0.05, 0.1) is 19.0 Å². The quantitative estimate of drug-likeness (QED) is 0.331. The molecule has 1 heterocycles. The zero-order valence-corrected chi connectivity index (χ0v) is 18.8. The van der Waals surface area contributed by atoms with Gasteiger partial charge in [0.25, 0.3) is 0 Å². The van der Waals surface area contributed by atoms with Crippen molar-refractivity contribution in [3.05, 3.63) is 84.2 Å². The van der Waals surface area contributed by atoms with E-state index in [1.165, 1.54) is 12.0 Å². The van der Waals surface area contributed by atoms with E-state index in [0.717, 1.165) is 10.5 Å². The van der Waals surface area contributed by atoms with Crippen LogP contribution >= 0.6 is 67.1 Å². The minimum atomic E-state index is -1.03. The van der Waals surface area contributed by atoms with E-state index in [1.54, 1.807) is 24.3 Å². The van der Waals surface area contributed by atoms with Crippen molar-refractivity contribution in [3.63, 3.8) is 0 Å². The lowest BCUT2D eigenvalue weighted by atomic mass is 9.80. The zero-order valence-electron chi connectivity index (χ0n) is 13.3. The van der Waals surface area contributed by atoms with E-state index in [1.807, 2.05) is 24.3 Å². The van der Waals surface area contributed by atoms with Crippen LogP contribution in [0.25, 0.3) is 0 Å². The van der Waals surface area contributed by atoms with Crippen LogP contribution in [0.15, 0.2) is 62.4 Å². The van der Waals surface area contributed by atoms with Gasteiger partial charge in [0.1, 0.15) is 11.5 Å². The second-order valence-electron chi connectivity index (χ2n) is 5.92. The highest BCUT2D eigenvalue weighted by atomic mass is 79.9. The summed E-state index contributed by atoms with van der Waals surface area (Å²) in [5.74, 6) is -0.0844. The molecule has 3 aromatic rings. The van der Waals surface area contributed by atoms with Gasteiger partial charge in [-0.25, -0.2) is 0 Å². The molecule has 0 spiro atoms. The van der Waals surface area contributed by atoms with E-state index in [4.69, 9.17) is 27.4 Å². The van der Waals surface area contributed by atoms with Crippen LogP contribution in [0, 0.1) is 0 Å². The molecule has 3 nitrogen and oxygen atoms in total. The van der Waals surface area contributed by atoms with Crippen molar-refractivity contribution in [1.82, 2.24) is 0 Å². The minimum Gasteiger partial charge on any atom is -0.505 e. The van der Waals surface area contributed by atoms with Crippen LogP contribution in [0.2, 0.25) is 10.0 Å². The molecule has 0 saturated carbocycles. The molecule has 0 aliphatic carbocycles. The van der Waals surface area contributed by atoms with Gasteiger partial charge >= 0.3 is 0 Å². The van der Waals surface area contributed by atoms with E-state index in [2.05, 4.69) is 31.9 Å². The number of phenols is 2. The average Bonchev–Trinajstić information content (AvgIpc) is 3.04. The van der Waals surface area contributed by atoms with E-state index in [-0.39, 0.29) is 21.5 Å². The molecular weight excluding hydrogens is 539 g/mol. The number of benzene rings is 3. The summed E-state index contributed by atoms with van der Waals surface area (Å²) in [5, 5.41) is 20.5. The number of hydrogen-bond acceptors (Lipinski definition) is 4. The molecule has 2 N–H and O–H groups in total. The smallest absolute Gasteiger partial charge is 0.160 e. The van der Waals surface area contributed by atoms with Crippen LogP contribution in [0.4, 0.5) is 0 Å². The van der Waals surface area contributed by atoms with E-state index < -0.39 is 5.60 Å². The molecule has 3 aromatic carbocycles. The first-order valence-corrected chi connectivity index (χ1v) is 10.7. The first-order valence-electron chi connectivity index (χ1n) is 7.66. The molecule has 1 aliphatic heterocycles. The number of aromatic hydroxyl groups is 2. The minimum absolute atomic E-state index is 0.0422. The second-order valence-corrected chi connectivity index (χ2v) is 9.22. The summed E-state index contributed by atoms with van der Waals surface area (Å²) in [6.07, 6.45) is 0. The molecule has 0 bridgehead atoms. The Morgan fingerprint density at radius 1 is 0.852 bits per heavy atom. The van der Waals surface area contributed by atoms with Crippen molar-refractivity contribution >= 4 is 67.1 Å². The normalized spacial score (nSPS) is 15.0. The fourth-order valence-electron chi connectivity index (χ4n) is 3.09. The maximum Gasteiger partial charge on any atom is 0.160 e. The maximum atomic E-state index is 10.1. The predicted molar refractivity (Wildman–Crippen MR) is 115 cm³/mol. The van der Waals surface area contributed by atoms with Gasteiger partial charge in [0.2, 0.25) is 0 Å². The Morgan fingerprint density at radius 2 is 1.37 bits per heavy atom. The number of fused-ring (bicyclic) bond motifs is 1. The Morgan fingerprint density at radius 3 is 1.89 bits per heavy atom. The number of halogens is 4. The van der Waals surface area contributed by atoms with Crippen molar-refractivity contribution < 1.29 is 14.4 Å². The standard InChI is InChI=1S/C19H10Br2Cl2O3S/c20-12-5-9(7-14(22)17(12)24)19(10-6-13(21)18(25)15(23)8-10)11-3-1-2-4-16(11)27-26-19/h1-8,24-25H. The molecule has 0 radical (unpaired) electrons. The van der Waals surface area contributed by atoms with Gasteiger partial charge in [-0.2, -0.15) is 0 Å². The van der Waals surface area contributed by atoms with Crippen LogP contribution in [0.5, 0.6) is 11.5 Å². The molecule has 27 heavy (non-hydrogen) atoms. The van der Waals surface area contributed by atoms with Gasteiger partial charge in [-0.3, -0.25) is 4.18 Å². The highest BCUT2D eigenvalue weighted by molar-refractivity contribution is 9.10. The molecule has 0 unspecified atom stereocenters. The van der Waals surface area contributed by atoms with Crippen LogP contribution in [0.1, 0.15) is 16.7 Å². The molecule has 4 rings (SSSR count). The summed E-state index contributed by atoms with van der Waals surface area (Å²) in [6.45, 7) is 0. The Balaban J connectivity index is 2.08. The molecule has 0 amide bonds. The topological polar surface area (TPSA) is 49.7 Å². The third-order valence-corrected chi connectivity index (χ3v) is 7.02. The summed E-state index contributed by atoms with van der Waals surface area (Å²) >= 11 is 20.4. The van der Waals surface area contributed by atoms with Crippen LogP contribution in [0.3, 0.4) is 0 Å². The summed E-state index contributed by atoms with van der Waals surface area (Å²) in [4.78, 5) is 0.957. The Kier molecular flexibility index (Phi) is 5.16. The molecule has 8 heteroatoms. The zero-order chi connectivity index (χ0) is 19.3. The second kappa shape index (κ2) is 7.17. The molecule has 0 fully saturated rings. The van der Waals surface area contributed by atoms with Gasteiger partial charge in [-0.05, 0) is 73.3 Å². The van der Waals surface area contributed by atoms with Gasteiger partial charge in [0, 0.05) is 22.5 Å². The van der Waals surface area contributed by atoms with Crippen molar-refractivity contribution in [3.8, 4) is 11.5 Å². The van der Waals surface area contributed by atoms with E-state index >= 15 is 0 Å². The summed E-state index contributed by atoms with van der Waals surface area (Å²) < 4.78 is 7.18. The number of hydrogen-bond donors (Lipinski definition) is 2. The third-order valence-electron chi connectivity index (χ3n) is 4.37. The fourth-order valence-corrected chi connectivity index (χ4v) is 5.61. The highest BCUT2D eigenvalue weighted by Crippen LogP contribution is 2.55. The molecule has 138 valence electrons. The Hall–Kier alpha value is -0.890. The van der Waals surface area contributed by atoms with Crippen molar-refractivity contribution in [1.29, 1.82) is 0 Å². The Labute approximate surface area is 186 Å². The molecule has 0 aromatic heterocycles. The monoisotopic (exact) mass is 546 g/mol. The lowest BCUT2D eigenvalue weighted by molar-refractivity contribution is 0.204. The Bertz CT molecular complexity index is 971. The SMILES string of the molecule is Oc1c(Cl)cc(C2(c3cc(Cl)c(O)c(Br)c3)OSc3ccccc32)cc1Br. The first-order chi connectivity index (χ1) is 12.8. The van der Waals surface area contributed by atoms with Gasteiger partial charge < -0.3 is 10.2 Å². The maximum absolute atomic E-state index is 10.1. The third kappa shape index (κ3) is 3.07. The van der Waals surface area contributed by atoms with Crippen LogP contribution in [-0.2, 0) is 9.78 Å². The predicted octanol–water partition coefficient (Wildman–Crippen LogP) is 7.26. The summed E-state index contributed by atoms with van der Waals surface area (Å²) in [5.41, 5.74) is 1.31.